The fraction of sp³-hybridized carbons (Fsp3) is 0.515. The summed E-state index contributed by atoms with van der Waals surface area (Å²) in [7, 11) is 0. The monoisotopic (exact) mass is 686 g/mol. The molecule has 1 aromatic heterocycles. The van der Waals surface area contributed by atoms with Gasteiger partial charge >= 0.3 is 5.97 Å². The van der Waals surface area contributed by atoms with E-state index in [1.54, 1.807) is 25.1 Å². The molecule has 3 atom stereocenters. The van der Waals surface area contributed by atoms with Crippen LogP contribution in [0.5, 0.6) is 5.75 Å². The number of thioether (sulfide) groups is 2. The average molecular weight is 687 g/mol. The summed E-state index contributed by atoms with van der Waals surface area (Å²) in [6, 6.07) is 5.30. The number of hydrogen-bond donors (Lipinski definition) is 3. The molecule has 0 fully saturated rings. The molecule has 0 saturated heterocycles. The lowest BCUT2D eigenvalue weighted by Crippen LogP contribution is -2.52. The fourth-order valence-electron chi connectivity index (χ4n) is 4.85. The lowest BCUT2D eigenvalue weighted by Gasteiger charge is -2.25. The first-order chi connectivity index (χ1) is 22.1. The van der Waals surface area contributed by atoms with Gasteiger partial charge in [0, 0.05) is 29.7 Å². The third kappa shape index (κ3) is 11.0. The van der Waals surface area contributed by atoms with E-state index in [0.29, 0.717) is 45.7 Å². The van der Waals surface area contributed by atoms with Crippen LogP contribution in [0, 0.1) is 0 Å². The number of hydrogen-bond acceptors (Lipinski definition) is 11. The summed E-state index contributed by atoms with van der Waals surface area (Å²) >= 11 is 4.11. The number of nitrogens with zero attached hydrogens (tertiary/aromatic N) is 2. The molecule has 0 saturated carbocycles. The number of aromatic nitrogens is 1. The van der Waals surface area contributed by atoms with Crippen LogP contribution >= 0.6 is 34.9 Å². The number of carbonyl (C=O) groups is 4. The zero-order valence-electron chi connectivity index (χ0n) is 26.3. The summed E-state index contributed by atoms with van der Waals surface area (Å²) in [5.41, 5.74) is 0.236. The van der Waals surface area contributed by atoms with Crippen LogP contribution in [-0.2, 0) is 36.9 Å². The lowest BCUT2D eigenvalue weighted by atomic mass is 10.0. The number of phenolic OH excluding ortho intramolecular Hbond substituents is 1. The van der Waals surface area contributed by atoms with Gasteiger partial charge in [-0.3, -0.25) is 19.4 Å². The topological polar surface area (TPSA) is 147 Å². The van der Waals surface area contributed by atoms with Crippen LogP contribution in [0.15, 0.2) is 46.8 Å². The highest BCUT2D eigenvalue weighted by Crippen LogP contribution is 2.32. The van der Waals surface area contributed by atoms with Gasteiger partial charge in [0.25, 0.3) is 0 Å². The van der Waals surface area contributed by atoms with Gasteiger partial charge in [0.1, 0.15) is 39.2 Å². The van der Waals surface area contributed by atoms with Crippen LogP contribution in [0.1, 0.15) is 81.5 Å². The second kappa shape index (κ2) is 17.7. The van der Waals surface area contributed by atoms with Gasteiger partial charge in [-0.2, -0.15) is 0 Å². The van der Waals surface area contributed by atoms with E-state index >= 15 is 0 Å². The number of nitrogens with one attached hydrogen (secondary N) is 2. The highest BCUT2D eigenvalue weighted by molar-refractivity contribution is 8.14. The van der Waals surface area contributed by atoms with E-state index in [2.05, 4.69) is 27.5 Å². The van der Waals surface area contributed by atoms with Crippen LogP contribution in [0.2, 0.25) is 0 Å². The van der Waals surface area contributed by atoms with Crippen molar-refractivity contribution in [3.63, 3.8) is 0 Å². The molecular weight excluding hydrogens is 645 g/mol. The van der Waals surface area contributed by atoms with E-state index in [1.165, 1.54) is 59.8 Å². The molecule has 1 unspecified atom stereocenters. The van der Waals surface area contributed by atoms with E-state index in [4.69, 9.17) is 4.74 Å². The smallest absolute Gasteiger partial charge is 0.329 e. The zero-order chi connectivity index (χ0) is 32.9. The minimum atomic E-state index is -1.12. The van der Waals surface area contributed by atoms with Gasteiger partial charge in [0.2, 0.25) is 11.8 Å². The predicted molar refractivity (Wildman–Crippen MR) is 184 cm³/mol. The highest BCUT2D eigenvalue weighted by atomic mass is 32.2. The van der Waals surface area contributed by atoms with Crippen molar-refractivity contribution in [2.24, 2.45) is 4.99 Å². The van der Waals surface area contributed by atoms with E-state index in [1.807, 2.05) is 11.5 Å². The molecule has 4 rings (SSSR count). The standard InChI is InChI=1S/C33H42N4O6S3/c1-3-4-5-6-7-11-29(40)44-16-9-8-10-24-18-27(39)34-19-28-35-26(20-45-28)30-37-33(2,21-46-30)32(42)36-25(31(41)43-24)17-22-12-14-23(38)15-13-22/h8,10,12-15,20,24-25,38H,3-7,9,11,16-19,21H2,1-2H3,(H,34,39)(H,36,42)/b10-8-/t24-,25?,33+/m1/s1. The van der Waals surface area contributed by atoms with Crippen molar-refractivity contribution >= 4 is 62.8 Å². The number of aromatic hydroxyl groups is 1. The molecule has 3 N–H and O–H groups in total. The van der Waals surface area contributed by atoms with Gasteiger partial charge in [0.05, 0.1) is 13.0 Å². The first-order valence-corrected chi connectivity index (χ1v) is 18.6. The maximum absolute atomic E-state index is 13.6. The zero-order valence-corrected chi connectivity index (χ0v) is 28.7. The second-order valence-corrected chi connectivity index (χ2v) is 14.6. The number of rotatable bonds is 12. The molecular formula is C33H42N4O6S3. The van der Waals surface area contributed by atoms with Crippen molar-refractivity contribution in [3.05, 3.63) is 58.1 Å². The molecule has 10 nitrogen and oxygen atoms in total. The van der Waals surface area contributed by atoms with E-state index < -0.39 is 29.6 Å². The Balaban J connectivity index is 1.47. The summed E-state index contributed by atoms with van der Waals surface area (Å²) in [5.74, 6) is -0.386. The van der Waals surface area contributed by atoms with Crippen molar-refractivity contribution < 1.29 is 29.0 Å². The van der Waals surface area contributed by atoms with Crippen molar-refractivity contribution in [1.29, 1.82) is 0 Å². The number of phenols is 1. The van der Waals surface area contributed by atoms with Crippen LogP contribution < -0.4 is 10.6 Å². The van der Waals surface area contributed by atoms with Gasteiger partial charge in [-0.25, -0.2) is 9.78 Å². The molecule has 0 spiro atoms. The maximum Gasteiger partial charge on any atom is 0.329 e. The van der Waals surface area contributed by atoms with Crippen LogP contribution in [0.4, 0.5) is 0 Å². The molecule has 1 aromatic carbocycles. The normalized spacial score (nSPS) is 22.3. The number of unbranched alkanes of at least 4 members (excludes halogenated alkanes) is 4. The van der Waals surface area contributed by atoms with Crippen molar-refractivity contribution in [3.8, 4) is 5.75 Å². The second-order valence-electron chi connectivity index (χ2n) is 11.6. The van der Waals surface area contributed by atoms with Gasteiger partial charge in [-0.05, 0) is 43.5 Å². The molecule has 2 aliphatic heterocycles. The number of carbonyl (C=O) groups excluding carboxylic acids is 4. The molecule has 4 bridgehead atoms. The number of fused-ring (bicyclic) bond motifs is 4. The Morgan fingerprint density at radius 3 is 2.74 bits per heavy atom. The van der Waals surface area contributed by atoms with Crippen LogP contribution in [-0.4, -0.2) is 67.2 Å². The van der Waals surface area contributed by atoms with Crippen LogP contribution in [0.3, 0.4) is 0 Å². The van der Waals surface area contributed by atoms with E-state index in [9.17, 15) is 24.3 Å². The first-order valence-electron chi connectivity index (χ1n) is 15.7. The Morgan fingerprint density at radius 1 is 1.17 bits per heavy atom. The molecule has 248 valence electrons. The van der Waals surface area contributed by atoms with Gasteiger partial charge < -0.3 is 20.5 Å². The molecule has 2 aromatic rings. The molecule has 2 aliphatic rings. The number of ether oxygens (including phenoxy) is 1. The lowest BCUT2D eigenvalue weighted by molar-refractivity contribution is -0.152. The summed E-state index contributed by atoms with van der Waals surface area (Å²) in [6.45, 7) is 4.10. The third-order valence-corrected chi connectivity index (χ3v) is 10.6. The van der Waals surface area contributed by atoms with Crippen molar-refractivity contribution in [1.82, 2.24) is 15.6 Å². The number of esters is 1. The van der Waals surface area contributed by atoms with E-state index in [-0.39, 0.29) is 36.2 Å². The van der Waals surface area contributed by atoms with Crippen molar-refractivity contribution in [2.45, 2.75) is 95.9 Å². The molecule has 46 heavy (non-hydrogen) atoms. The Morgan fingerprint density at radius 2 is 1.96 bits per heavy atom. The van der Waals surface area contributed by atoms with Gasteiger partial charge in [0.15, 0.2) is 5.12 Å². The number of allylic oxidation sites excluding steroid dienone is 1. The summed E-state index contributed by atoms with van der Waals surface area (Å²) < 4.78 is 5.85. The Bertz CT molecular complexity index is 1430. The molecule has 3 heterocycles. The predicted octanol–water partition coefficient (Wildman–Crippen LogP) is 5.33. The maximum atomic E-state index is 13.6. The number of benzene rings is 1. The first kappa shape index (κ1) is 35.7. The number of thiazole rings is 1. The minimum absolute atomic E-state index is 0.0824. The fourth-order valence-corrected chi connectivity index (χ4v) is 7.55. The Labute approximate surface area is 282 Å². The molecule has 2 amide bonds. The number of amides is 2. The number of aliphatic imine (C=N–C) groups is 1. The highest BCUT2D eigenvalue weighted by Gasteiger charge is 2.41. The molecule has 0 radical (unpaired) electrons. The van der Waals surface area contributed by atoms with Crippen LogP contribution in [0.25, 0.3) is 0 Å². The molecule has 0 aliphatic carbocycles. The largest absolute Gasteiger partial charge is 0.508 e. The SMILES string of the molecule is CCCCCCCC(=O)SCC/C=C\[C@@H]1CC(=O)NCc2nc(cs2)C2=N[C@@](C)(CS2)C(=O)NC(Cc2ccc(O)cc2)C(=O)O1. The third-order valence-electron chi connectivity index (χ3n) is 7.54. The Kier molecular flexibility index (Phi) is 13.7. The van der Waals surface area contributed by atoms with Gasteiger partial charge in [-0.1, -0.05) is 62.6 Å². The average Bonchev–Trinajstić information content (AvgIpc) is 3.67. The number of cyclic esters (lactones) is 1. The summed E-state index contributed by atoms with van der Waals surface area (Å²) in [6.07, 6.45) is 9.21. The quantitative estimate of drug-likeness (QED) is 0.153. The van der Waals surface area contributed by atoms with Gasteiger partial charge in [-0.15, -0.1) is 23.1 Å². The van der Waals surface area contributed by atoms with E-state index in [0.717, 1.165) is 19.3 Å². The minimum Gasteiger partial charge on any atom is -0.508 e. The summed E-state index contributed by atoms with van der Waals surface area (Å²) in [5, 5.41) is 18.8. The summed E-state index contributed by atoms with van der Waals surface area (Å²) in [4.78, 5) is 61.7. The molecule has 13 heteroatoms. The Hall–Kier alpha value is -3.16. The van der Waals surface area contributed by atoms with Crippen molar-refractivity contribution in [2.75, 3.05) is 11.5 Å².